The molecule has 0 spiro atoms. The Morgan fingerprint density at radius 3 is 2.33 bits per heavy atom. The van der Waals surface area contributed by atoms with Gasteiger partial charge in [-0.2, -0.15) is 0 Å². The highest BCUT2D eigenvalue weighted by Gasteiger charge is 2.23. The minimum absolute atomic E-state index is 0.0823. The van der Waals surface area contributed by atoms with E-state index in [9.17, 15) is 18.0 Å². The van der Waals surface area contributed by atoms with Gasteiger partial charge in [0.25, 0.3) is 0 Å². The van der Waals surface area contributed by atoms with Gasteiger partial charge in [0.1, 0.15) is 0 Å². The molecule has 21 heavy (non-hydrogen) atoms. The van der Waals surface area contributed by atoms with Gasteiger partial charge < -0.3 is 10.4 Å². The summed E-state index contributed by atoms with van der Waals surface area (Å²) in [4.78, 5) is 22.4. The lowest BCUT2D eigenvalue weighted by Crippen LogP contribution is -2.44. The summed E-state index contributed by atoms with van der Waals surface area (Å²) < 4.78 is 23.8. The van der Waals surface area contributed by atoms with Crippen molar-refractivity contribution in [2.75, 3.05) is 0 Å². The zero-order valence-electron chi connectivity index (χ0n) is 11.7. The molecule has 0 unspecified atom stereocenters. The third-order valence-electron chi connectivity index (χ3n) is 2.53. The van der Waals surface area contributed by atoms with Crippen LogP contribution in [-0.4, -0.2) is 30.9 Å². The predicted octanol–water partition coefficient (Wildman–Crippen LogP) is 1.34. The number of benzene rings is 1. The van der Waals surface area contributed by atoms with E-state index >= 15 is 0 Å². The summed E-state index contributed by atoms with van der Waals surface area (Å²) in [5.41, 5.74) is -0.968. The third-order valence-corrected chi connectivity index (χ3v) is 3.95. The summed E-state index contributed by atoms with van der Waals surface area (Å²) >= 11 is 0. The normalized spacial score (nSPS) is 12.3. The van der Waals surface area contributed by atoms with Crippen molar-refractivity contribution in [3.05, 3.63) is 41.8 Å². The fraction of sp³-hybridized carbons (Fsp3) is 0.286. The van der Waals surface area contributed by atoms with Gasteiger partial charge in [-0.15, -0.1) is 0 Å². The van der Waals surface area contributed by atoms with Crippen LogP contribution in [0.3, 0.4) is 0 Å². The molecule has 0 atom stereocenters. The number of sulfone groups is 1. The maximum atomic E-state index is 11.9. The molecule has 0 saturated carbocycles. The molecule has 0 fully saturated rings. The number of carboxylic acid groups (broad SMARTS) is 1. The molecular weight excluding hydrogens is 294 g/mol. The highest BCUT2D eigenvalue weighted by atomic mass is 32.2. The number of nitrogens with one attached hydrogen (secondary N) is 1. The van der Waals surface area contributed by atoms with E-state index in [0.29, 0.717) is 0 Å². The summed E-state index contributed by atoms with van der Waals surface area (Å²) in [7, 11) is -3.69. The highest BCUT2D eigenvalue weighted by Crippen LogP contribution is 2.12. The summed E-state index contributed by atoms with van der Waals surface area (Å²) in [5, 5.41) is 11.9. The number of amides is 1. The van der Waals surface area contributed by atoms with Gasteiger partial charge in [0, 0.05) is 17.0 Å². The van der Waals surface area contributed by atoms with Crippen LogP contribution in [0.5, 0.6) is 0 Å². The van der Waals surface area contributed by atoms with Crippen LogP contribution in [0, 0.1) is 0 Å². The number of hydrogen-bond donors (Lipinski definition) is 2. The topological polar surface area (TPSA) is 101 Å². The molecule has 6 nitrogen and oxygen atoms in total. The number of carboxylic acids is 1. The van der Waals surface area contributed by atoms with Gasteiger partial charge in [-0.1, -0.05) is 18.2 Å². The second kappa shape index (κ2) is 6.53. The zero-order valence-corrected chi connectivity index (χ0v) is 12.6. The lowest BCUT2D eigenvalue weighted by atomic mass is 10.0. The maximum absolute atomic E-state index is 11.9. The molecular formula is C14H17NO5S. The molecule has 0 heterocycles. The van der Waals surface area contributed by atoms with Gasteiger partial charge in [0.2, 0.25) is 5.91 Å². The van der Waals surface area contributed by atoms with Gasteiger partial charge >= 0.3 is 5.97 Å². The van der Waals surface area contributed by atoms with Crippen LogP contribution in [0.25, 0.3) is 0 Å². The molecule has 1 aromatic carbocycles. The van der Waals surface area contributed by atoms with Gasteiger partial charge in [-0.3, -0.25) is 9.59 Å². The van der Waals surface area contributed by atoms with Crippen molar-refractivity contribution >= 4 is 21.7 Å². The van der Waals surface area contributed by atoms with E-state index in [4.69, 9.17) is 5.11 Å². The van der Waals surface area contributed by atoms with Gasteiger partial charge in [-0.25, -0.2) is 8.42 Å². The van der Waals surface area contributed by atoms with E-state index in [-0.39, 0.29) is 11.3 Å². The second-order valence-electron chi connectivity index (χ2n) is 5.10. The van der Waals surface area contributed by atoms with E-state index in [0.717, 1.165) is 11.5 Å². The van der Waals surface area contributed by atoms with Crippen molar-refractivity contribution in [1.82, 2.24) is 5.32 Å². The SMILES string of the molecule is CC(C)(CC(=O)O)NC(=O)C=CS(=O)(=O)c1ccccc1. The van der Waals surface area contributed by atoms with Gasteiger partial charge in [0.15, 0.2) is 9.84 Å². The molecule has 2 N–H and O–H groups in total. The fourth-order valence-electron chi connectivity index (χ4n) is 1.64. The fourth-order valence-corrected chi connectivity index (χ4v) is 2.63. The number of carbonyl (C=O) groups is 2. The Morgan fingerprint density at radius 1 is 1.24 bits per heavy atom. The Morgan fingerprint density at radius 2 is 1.81 bits per heavy atom. The Kier molecular flexibility index (Phi) is 5.26. The molecule has 0 aliphatic heterocycles. The van der Waals surface area contributed by atoms with Crippen LogP contribution in [0.2, 0.25) is 0 Å². The number of carbonyl (C=O) groups excluding carboxylic acids is 1. The average Bonchev–Trinajstić information content (AvgIpc) is 2.35. The molecule has 0 aliphatic rings. The van der Waals surface area contributed by atoms with Crippen LogP contribution in [0.15, 0.2) is 46.7 Å². The largest absolute Gasteiger partial charge is 0.481 e. The number of hydrogen-bond acceptors (Lipinski definition) is 4. The molecule has 0 radical (unpaired) electrons. The van der Waals surface area contributed by atoms with Crippen LogP contribution in [-0.2, 0) is 19.4 Å². The number of rotatable bonds is 6. The lowest BCUT2D eigenvalue weighted by molar-refractivity contribution is -0.138. The Labute approximate surface area is 123 Å². The predicted molar refractivity (Wildman–Crippen MR) is 77.2 cm³/mol. The highest BCUT2D eigenvalue weighted by molar-refractivity contribution is 7.94. The Bertz CT molecular complexity index is 647. The zero-order chi connectivity index (χ0) is 16.1. The van der Waals surface area contributed by atoms with E-state index < -0.39 is 27.3 Å². The smallest absolute Gasteiger partial charge is 0.305 e. The van der Waals surface area contributed by atoms with E-state index in [1.807, 2.05) is 0 Å². The summed E-state index contributed by atoms with van der Waals surface area (Å²) in [5.74, 6) is -1.72. The van der Waals surface area contributed by atoms with Crippen molar-refractivity contribution in [2.24, 2.45) is 0 Å². The van der Waals surface area contributed by atoms with Crippen LogP contribution in [0.1, 0.15) is 20.3 Å². The molecule has 1 amide bonds. The lowest BCUT2D eigenvalue weighted by Gasteiger charge is -2.23. The molecule has 0 bridgehead atoms. The molecule has 1 aromatic rings. The van der Waals surface area contributed by atoms with Crippen LogP contribution >= 0.6 is 0 Å². The molecule has 1 rings (SSSR count). The Hall–Kier alpha value is -2.15. The van der Waals surface area contributed by atoms with Crippen molar-refractivity contribution in [1.29, 1.82) is 0 Å². The molecule has 7 heteroatoms. The van der Waals surface area contributed by atoms with Crippen LogP contribution in [0.4, 0.5) is 0 Å². The first-order chi connectivity index (χ1) is 9.62. The summed E-state index contributed by atoms with van der Waals surface area (Å²) in [6, 6.07) is 7.69. The van der Waals surface area contributed by atoms with E-state index in [1.165, 1.54) is 12.1 Å². The summed E-state index contributed by atoms with van der Waals surface area (Å²) in [6.07, 6.45) is 0.615. The Balaban J connectivity index is 2.77. The van der Waals surface area contributed by atoms with Gasteiger partial charge in [-0.05, 0) is 26.0 Å². The van der Waals surface area contributed by atoms with Crippen molar-refractivity contribution < 1.29 is 23.1 Å². The third kappa shape index (κ3) is 5.78. The second-order valence-corrected chi connectivity index (χ2v) is 6.94. The minimum atomic E-state index is -3.69. The molecule has 0 aromatic heterocycles. The van der Waals surface area contributed by atoms with Gasteiger partial charge in [0.05, 0.1) is 11.3 Å². The van der Waals surface area contributed by atoms with Crippen molar-refractivity contribution in [3.63, 3.8) is 0 Å². The maximum Gasteiger partial charge on any atom is 0.305 e. The van der Waals surface area contributed by atoms with E-state index in [2.05, 4.69) is 5.32 Å². The average molecular weight is 311 g/mol. The standard InChI is InChI=1S/C14H17NO5S/c1-14(2,10-13(17)18)15-12(16)8-9-21(19,20)11-6-4-3-5-7-11/h3-9H,10H2,1-2H3,(H,15,16)(H,17,18). The quantitative estimate of drug-likeness (QED) is 0.772. The molecule has 114 valence electrons. The summed E-state index contributed by atoms with van der Waals surface area (Å²) in [6.45, 7) is 3.08. The first kappa shape index (κ1) is 16.9. The molecule has 0 saturated heterocycles. The van der Waals surface area contributed by atoms with E-state index in [1.54, 1.807) is 32.0 Å². The number of aliphatic carboxylic acids is 1. The van der Waals surface area contributed by atoms with Crippen molar-refractivity contribution in [2.45, 2.75) is 30.7 Å². The minimum Gasteiger partial charge on any atom is -0.481 e. The first-order valence-corrected chi connectivity index (χ1v) is 7.69. The van der Waals surface area contributed by atoms with Crippen LogP contribution < -0.4 is 5.32 Å². The first-order valence-electron chi connectivity index (χ1n) is 6.14. The molecule has 0 aliphatic carbocycles. The van der Waals surface area contributed by atoms with Crippen molar-refractivity contribution in [3.8, 4) is 0 Å². The monoisotopic (exact) mass is 311 g/mol.